The maximum absolute atomic E-state index is 13.1. The van der Waals surface area contributed by atoms with Crippen molar-refractivity contribution in [3.8, 4) is 11.5 Å². The van der Waals surface area contributed by atoms with E-state index in [1.54, 1.807) is 19.9 Å². The number of carbonyl (C=O) groups excluding carboxylic acids is 1. The molecule has 1 aromatic carbocycles. The Balaban J connectivity index is 1.78. The van der Waals surface area contributed by atoms with Gasteiger partial charge in [0.2, 0.25) is 0 Å². The minimum atomic E-state index is -0.904. The molecular formula is C28H32N2O7. The lowest BCUT2D eigenvalue weighted by molar-refractivity contribution is -0.159. The number of nitrogens with one attached hydrogen (secondary N) is 1. The number of aliphatic hydroxyl groups is 1. The van der Waals surface area contributed by atoms with Crippen LogP contribution < -0.4 is 21.2 Å². The van der Waals surface area contributed by atoms with E-state index in [0.717, 1.165) is 17.6 Å². The number of nitrogens with two attached hydrogens (primary N) is 1. The van der Waals surface area contributed by atoms with Gasteiger partial charge in [0.05, 0.1) is 5.82 Å². The Hall–Kier alpha value is -3.72. The zero-order chi connectivity index (χ0) is 26.5. The molecule has 4 heterocycles. The summed E-state index contributed by atoms with van der Waals surface area (Å²) in [7, 11) is 0. The molecule has 0 amide bonds. The average molecular weight is 509 g/mol. The third-order valence-corrected chi connectivity index (χ3v) is 7.73. The van der Waals surface area contributed by atoms with Crippen molar-refractivity contribution in [1.29, 1.82) is 0 Å². The van der Waals surface area contributed by atoms with Crippen LogP contribution in [0.2, 0.25) is 0 Å². The van der Waals surface area contributed by atoms with Gasteiger partial charge in [-0.15, -0.1) is 0 Å². The molecule has 2 aromatic rings. The summed E-state index contributed by atoms with van der Waals surface area (Å²) in [4.78, 5) is 25.9. The fraction of sp³-hybridized carbons (Fsp3) is 0.429. The number of rotatable bonds is 3. The molecule has 9 nitrogen and oxygen atoms in total. The number of fused-ring (bicyclic) bond motifs is 4. The molecule has 5 N–H and O–H groups in total. The third kappa shape index (κ3) is 4.17. The predicted molar refractivity (Wildman–Crippen MR) is 137 cm³/mol. The topological polar surface area (TPSA) is 144 Å². The Labute approximate surface area is 214 Å². The van der Waals surface area contributed by atoms with Gasteiger partial charge in [-0.1, -0.05) is 12.2 Å². The summed E-state index contributed by atoms with van der Waals surface area (Å²) in [5, 5.41) is 24.2. The summed E-state index contributed by atoms with van der Waals surface area (Å²) >= 11 is 0. The normalized spacial score (nSPS) is 23.5. The van der Waals surface area contributed by atoms with Crippen LogP contribution in [0.4, 0.5) is 0 Å². The molecule has 0 saturated carbocycles. The maximum atomic E-state index is 13.1. The molecule has 0 radical (unpaired) electrons. The summed E-state index contributed by atoms with van der Waals surface area (Å²) in [6.07, 6.45) is 5.54. The van der Waals surface area contributed by atoms with Crippen LogP contribution >= 0.6 is 0 Å². The number of allylic oxidation sites excluding steroid dienone is 3. The Morgan fingerprint density at radius 3 is 2.89 bits per heavy atom. The molecule has 2 unspecified atom stereocenters. The SMILES string of the molecule is CC=C(C)C(=O)OC1Cc2c3c(c4oc(CO)cc(=O)c4c2O)CC2=CCNC(N)=C2CCCC1(C)O3. The minimum absolute atomic E-state index is 0.0120. The first-order valence-corrected chi connectivity index (χ1v) is 12.6. The quantitative estimate of drug-likeness (QED) is 0.363. The number of ether oxygens (including phenoxy) is 2. The molecule has 2 bridgehead atoms. The van der Waals surface area contributed by atoms with E-state index in [0.29, 0.717) is 54.1 Å². The summed E-state index contributed by atoms with van der Waals surface area (Å²) in [5.41, 5.74) is 8.58. The first-order valence-electron chi connectivity index (χ1n) is 12.6. The molecular weight excluding hydrogens is 476 g/mol. The number of benzene rings is 1. The second-order valence-electron chi connectivity index (χ2n) is 10.1. The van der Waals surface area contributed by atoms with Crippen LogP contribution in [0.3, 0.4) is 0 Å². The Morgan fingerprint density at radius 2 is 2.16 bits per heavy atom. The fourth-order valence-corrected chi connectivity index (χ4v) is 5.46. The van der Waals surface area contributed by atoms with Crippen LogP contribution in [0.1, 0.15) is 56.9 Å². The lowest BCUT2D eigenvalue weighted by Gasteiger charge is -2.43. The van der Waals surface area contributed by atoms with Crippen molar-refractivity contribution >= 4 is 16.9 Å². The van der Waals surface area contributed by atoms with Crippen molar-refractivity contribution in [2.75, 3.05) is 6.54 Å². The van der Waals surface area contributed by atoms with Gasteiger partial charge in [-0.3, -0.25) is 4.79 Å². The second-order valence-corrected chi connectivity index (χ2v) is 10.1. The van der Waals surface area contributed by atoms with Crippen LogP contribution in [-0.2, 0) is 29.0 Å². The minimum Gasteiger partial charge on any atom is -0.507 e. The molecule has 0 saturated heterocycles. The number of hydrogen-bond acceptors (Lipinski definition) is 9. The van der Waals surface area contributed by atoms with E-state index in [4.69, 9.17) is 19.6 Å². The molecule has 3 aliphatic heterocycles. The van der Waals surface area contributed by atoms with Crippen molar-refractivity contribution in [2.24, 2.45) is 5.73 Å². The van der Waals surface area contributed by atoms with Gasteiger partial charge >= 0.3 is 5.97 Å². The number of phenols is 1. The van der Waals surface area contributed by atoms with Crippen molar-refractivity contribution in [3.63, 3.8) is 0 Å². The van der Waals surface area contributed by atoms with Gasteiger partial charge in [-0.2, -0.15) is 0 Å². The van der Waals surface area contributed by atoms with Gasteiger partial charge in [0, 0.05) is 42.2 Å². The Kier molecular flexibility index (Phi) is 6.27. The first kappa shape index (κ1) is 25.0. The van der Waals surface area contributed by atoms with E-state index in [1.807, 2.05) is 6.92 Å². The fourth-order valence-electron chi connectivity index (χ4n) is 5.46. The molecule has 2 atom stereocenters. The summed E-state index contributed by atoms with van der Waals surface area (Å²) < 4.78 is 18.5. The maximum Gasteiger partial charge on any atom is 0.333 e. The van der Waals surface area contributed by atoms with Crippen molar-refractivity contribution in [3.05, 3.63) is 67.9 Å². The number of hydrogen-bond donors (Lipinski definition) is 4. The van der Waals surface area contributed by atoms with Gasteiger partial charge in [-0.05, 0) is 51.2 Å². The second kappa shape index (κ2) is 9.30. The largest absolute Gasteiger partial charge is 0.507 e. The standard InChI is InChI=1S/C28H32N2O7/c1-4-14(2)27(34)36-21-12-18-23(33)22-20(32)11-16(13-31)35-25(22)19-10-15-7-9-30-26(29)17(15)6-5-8-28(21,3)37-24(18)19/h4,7,11,21,30-31,33H,5-6,8-10,12-13,29H2,1-3H3. The monoisotopic (exact) mass is 508 g/mol. The van der Waals surface area contributed by atoms with Crippen LogP contribution in [-0.4, -0.2) is 34.4 Å². The summed E-state index contributed by atoms with van der Waals surface area (Å²) in [5.74, 6) is 0.391. The van der Waals surface area contributed by atoms with Crippen molar-refractivity contribution < 1.29 is 28.9 Å². The molecule has 0 aliphatic carbocycles. The molecule has 5 rings (SSSR count). The number of aliphatic hydroxyl groups excluding tert-OH is 1. The number of phenolic OH excluding ortho intramolecular Hbond substituents is 1. The van der Waals surface area contributed by atoms with E-state index in [2.05, 4.69) is 11.4 Å². The van der Waals surface area contributed by atoms with Gasteiger partial charge in [-0.25, -0.2) is 4.79 Å². The van der Waals surface area contributed by atoms with E-state index in [9.17, 15) is 19.8 Å². The summed E-state index contributed by atoms with van der Waals surface area (Å²) in [6.45, 7) is 5.45. The third-order valence-electron chi connectivity index (χ3n) is 7.73. The van der Waals surface area contributed by atoms with Crippen LogP contribution in [0.25, 0.3) is 11.0 Å². The average Bonchev–Trinajstić information content (AvgIpc) is 2.87. The van der Waals surface area contributed by atoms with Crippen LogP contribution in [0.15, 0.2) is 50.0 Å². The van der Waals surface area contributed by atoms with Crippen LogP contribution in [0, 0.1) is 0 Å². The molecule has 3 aliphatic rings. The van der Waals surface area contributed by atoms with Gasteiger partial charge in [0.25, 0.3) is 0 Å². The zero-order valence-corrected chi connectivity index (χ0v) is 21.3. The molecule has 196 valence electrons. The van der Waals surface area contributed by atoms with E-state index in [-0.39, 0.29) is 28.9 Å². The van der Waals surface area contributed by atoms with E-state index >= 15 is 0 Å². The van der Waals surface area contributed by atoms with Gasteiger partial charge in [0.15, 0.2) is 5.43 Å². The van der Waals surface area contributed by atoms with Gasteiger partial charge < -0.3 is 35.2 Å². The molecule has 0 spiro atoms. The highest BCUT2D eigenvalue weighted by Crippen LogP contribution is 2.49. The highest BCUT2D eigenvalue weighted by molar-refractivity contribution is 5.91. The Morgan fingerprint density at radius 1 is 1.38 bits per heavy atom. The highest BCUT2D eigenvalue weighted by atomic mass is 16.6. The van der Waals surface area contributed by atoms with E-state index in [1.165, 1.54) is 6.07 Å². The smallest absolute Gasteiger partial charge is 0.333 e. The lowest BCUT2D eigenvalue weighted by Crippen LogP contribution is -2.51. The van der Waals surface area contributed by atoms with E-state index < -0.39 is 29.7 Å². The van der Waals surface area contributed by atoms with Crippen molar-refractivity contribution in [1.82, 2.24) is 5.32 Å². The Bertz CT molecular complexity index is 1450. The lowest BCUT2D eigenvalue weighted by atomic mass is 9.80. The summed E-state index contributed by atoms with van der Waals surface area (Å²) in [6, 6.07) is 1.18. The first-order chi connectivity index (χ1) is 17.7. The predicted octanol–water partition coefficient (Wildman–Crippen LogP) is 2.99. The molecule has 1 aromatic heterocycles. The number of dihydropyridines is 1. The molecule has 37 heavy (non-hydrogen) atoms. The van der Waals surface area contributed by atoms with Crippen LogP contribution in [0.5, 0.6) is 11.5 Å². The number of carbonyl (C=O) groups is 1. The number of esters is 1. The van der Waals surface area contributed by atoms with Gasteiger partial charge in [0.1, 0.15) is 46.5 Å². The molecule has 0 fully saturated rings. The zero-order valence-electron chi connectivity index (χ0n) is 21.3. The van der Waals surface area contributed by atoms with Crippen molar-refractivity contribution in [2.45, 2.75) is 71.2 Å². The molecule has 9 heteroatoms. The number of aromatic hydroxyl groups is 1. The highest BCUT2D eigenvalue weighted by Gasteiger charge is 2.46.